The number of anilines is 1. The van der Waals surface area contributed by atoms with E-state index >= 15 is 0 Å². The molecule has 0 spiro atoms. The van der Waals surface area contributed by atoms with Crippen LogP contribution in [-0.4, -0.2) is 57.1 Å². The summed E-state index contributed by atoms with van der Waals surface area (Å²) in [5, 5.41) is 18.4. The van der Waals surface area contributed by atoms with Gasteiger partial charge in [0.05, 0.1) is 42.5 Å². The molecule has 0 aromatic carbocycles. The fourth-order valence-corrected chi connectivity index (χ4v) is 4.95. The van der Waals surface area contributed by atoms with E-state index in [-0.39, 0.29) is 6.04 Å². The summed E-state index contributed by atoms with van der Waals surface area (Å²) in [5.74, 6) is -0.414. The number of hydrogen-bond donors (Lipinski definition) is 0. The maximum Gasteiger partial charge on any atom is 0.171 e. The summed E-state index contributed by atoms with van der Waals surface area (Å²) in [7, 11) is 1.73. The molecular weight excluding hydrogens is 397 g/mol. The van der Waals surface area contributed by atoms with Gasteiger partial charge in [-0.05, 0) is 32.4 Å². The highest BCUT2D eigenvalue weighted by atomic mass is 19.1. The Hall–Kier alpha value is -2.96. The SMILES string of the molecule is COCCN1Cc2nn3c(c2C[C@@H]1C)CN(c1ccc(C#N)n2ncc(F)c12)C[C@H]3C. The van der Waals surface area contributed by atoms with E-state index in [9.17, 15) is 9.65 Å². The van der Waals surface area contributed by atoms with Gasteiger partial charge in [-0.1, -0.05) is 0 Å². The number of aromatic nitrogens is 4. The van der Waals surface area contributed by atoms with E-state index in [1.165, 1.54) is 22.0 Å². The number of fused-ring (bicyclic) bond motifs is 4. The first kappa shape index (κ1) is 20.0. The number of hydrogen-bond acceptors (Lipinski definition) is 6. The molecule has 0 radical (unpaired) electrons. The van der Waals surface area contributed by atoms with E-state index in [4.69, 9.17) is 9.84 Å². The van der Waals surface area contributed by atoms with Crippen LogP contribution in [0.25, 0.3) is 5.52 Å². The Morgan fingerprint density at radius 2 is 2.10 bits per heavy atom. The van der Waals surface area contributed by atoms with Gasteiger partial charge in [0.15, 0.2) is 5.82 Å². The molecule has 0 bridgehead atoms. The number of ether oxygens (including phenoxy) is 1. The second-order valence-corrected chi connectivity index (χ2v) is 8.53. The molecule has 8 nitrogen and oxygen atoms in total. The third-order valence-corrected chi connectivity index (χ3v) is 6.55. The molecule has 0 fully saturated rings. The Kier molecular flexibility index (Phi) is 4.91. The van der Waals surface area contributed by atoms with Gasteiger partial charge in [0.2, 0.25) is 0 Å². The molecular formula is C22H26FN7O. The maximum absolute atomic E-state index is 14.6. The van der Waals surface area contributed by atoms with Crippen molar-refractivity contribution in [3.05, 3.63) is 46.8 Å². The molecule has 162 valence electrons. The summed E-state index contributed by atoms with van der Waals surface area (Å²) in [5.41, 5.74) is 5.09. The zero-order valence-corrected chi connectivity index (χ0v) is 18.0. The first-order valence-electron chi connectivity index (χ1n) is 10.6. The summed E-state index contributed by atoms with van der Waals surface area (Å²) < 4.78 is 23.4. The summed E-state index contributed by atoms with van der Waals surface area (Å²) in [6.07, 6.45) is 2.12. The van der Waals surface area contributed by atoms with Crippen LogP contribution in [0.1, 0.15) is 42.5 Å². The van der Waals surface area contributed by atoms with Crippen molar-refractivity contribution in [1.82, 2.24) is 24.3 Å². The van der Waals surface area contributed by atoms with Crippen LogP contribution in [0.4, 0.5) is 10.1 Å². The van der Waals surface area contributed by atoms with Crippen molar-refractivity contribution < 1.29 is 9.13 Å². The highest BCUT2D eigenvalue weighted by molar-refractivity contribution is 5.75. The van der Waals surface area contributed by atoms with Gasteiger partial charge in [0, 0.05) is 38.3 Å². The van der Waals surface area contributed by atoms with Gasteiger partial charge in [-0.3, -0.25) is 9.58 Å². The van der Waals surface area contributed by atoms with Gasteiger partial charge in [0.1, 0.15) is 17.3 Å². The average Bonchev–Trinajstić information content (AvgIpc) is 3.33. The van der Waals surface area contributed by atoms with Crippen molar-refractivity contribution >= 4 is 11.2 Å². The van der Waals surface area contributed by atoms with Crippen molar-refractivity contribution in [2.24, 2.45) is 0 Å². The predicted molar refractivity (Wildman–Crippen MR) is 113 cm³/mol. The number of methoxy groups -OCH3 is 1. The van der Waals surface area contributed by atoms with Gasteiger partial charge in [-0.25, -0.2) is 8.91 Å². The molecule has 0 unspecified atom stereocenters. The predicted octanol–water partition coefficient (Wildman–Crippen LogP) is 2.52. The smallest absolute Gasteiger partial charge is 0.171 e. The molecule has 0 amide bonds. The third-order valence-electron chi connectivity index (χ3n) is 6.55. The molecule has 5 rings (SSSR count). The van der Waals surface area contributed by atoms with Crippen LogP contribution in [0.5, 0.6) is 0 Å². The van der Waals surface area contributed by atoms with Crippen LogP contribution in [0.2, 0.25) is 0 Å². The van der Waals surface area contributed by atoms with Gasteiger partial charge in [-0.15, -0.1) is 0 Å². The molecule has 2 aliphatic heterocycles. The van der Waals surface area contributed by atoms with Gasteiger partial charge >= 0.3 is 0 Å². The van der Waals surface area contributed by atoms with Crippen LogP contribution in [0, 0.1) is 17.1 Å². The number of halogens is 1. The summed E-state index contributed by atoms with van der Waals surface area (Å²) >= 11 is 0. The van der Waals surface area contributed by atoms with Crippen molar-refractivity contribution in [1.29, 1.82) is 5.26 Å². The van der Waals surface area contributed by atoms with E-state index < -0.39 is 5.82 Å². The van der Waals surface area contributed by atoms with Crippen molar-refractivity contribution in [2.75, 3.05) is 31.7 Å². The highest BCUT2D eigenvalue weighted by Crippen LogP contribution is 2.35. The first-order valence-corrected chi connectivity index (χ1v) is 10.6. The molecule has 3 aromatic rings. The Morgan fingerprint density at radius 1 is 1.26 bits per heavy atom. The Morgan fingerprint density at radius 3 is 2.87 bits per heavy atom. The minimum atomic E-state index is -0.414. The lowest BCUT2D eigenvalue weighted by Gasteiger charge is -2.36. The van der Waals surface area contributed by atoms with Crippen LogP contribution in [0.15, 0.2) is 18.3 Å². The monoisotopic (exact) mass is 423 g/mol. The topological polar surface area (TPSA) is 74.6 Å². The Bertz CT molecular complexity index is 1180. The van der Waals surface area contributed by atoms with E-state index in [0.717, 1.165) is 30.9 Å². The van der Waals surface area contributed by atoms with E-state index in [0.29, 0.717) is 36.9 Å². The third kappa shape index (κ3) is 3.18. The van der Waals surface area contributed by atoms with E-state index in [1.807, 2.05) is 6.07 Å². The van der Waals surface area contributed by atoms with Gasteiger partial charge < -0.3 is 9.64 Å². The Balaban J connectivity index is 1.51. The van der Waals surface area contributed by atoms with Crippen LogP contribution in [0.3, 0.4) is 0 Å². The fraction of sp³-hybridized carbons (Fsp3) is 0.500. The maximum atomic E-state index is 14.6. The molecule has 0 saturated heterocycles. The minimum absolute atomic E-state index is 0.152. The number of nitrogens with zero attached hydrogens (tertiary/aromatic N) is 7. The summed E-state index contributed by atoms with van der Waals surface area (Å²) in [4.78, 5) is 4.60. The van der Waals surface area contributed by atoms with Crippen LogP contribution < -0.4 is 4.90 Å². The largest absolute Gasteiger partial charge is 0.383 e. The lowest BCUT2D eigenvalue weighted by Crippen LogP contribution is -2.40. The molecule has 3 aromatic heterocycles. The molecule has 5 heterocycles. The normalized spacial score (nSPS) is 21.2. The highest BCUT2D eigenvalue weighted by Gasteiger charge is 2.34. The van der Waals surface area contributed by atoms with Crippen molar-refractivity contribution in [3.63, 3.8) is 0 Å². The molecule has 0 N–H and O–H groups in total. The van der Waals surface area contributed by atoms with E-state index in [2.05, 4.69) is 39.5 Å². The van der Waals surface area contributed by atoms with Crippen molar-refractivity contribution in [2.45, 2.75) is 45.4 Å². The first-order chi connectivity index (χ1) is 15.0. The van der Waals surface area contributed by atoms with E-state index in [1.54, 1.807) is 13.2 Å². The lowest BCUT2D eigenvalue weighted by atomic mass is 9.97. The zero-order chi connectivity index (χ0) is 21.7. The molecule has 31 heavy (non-hydrogen) atoms. The summed E-state index contributed by atoms with van der Waals surface area (Å²) in [6.45, 7) is 8.19. The second-order valence-electron chi connectivity index (χ2n) is 8.53. The average molecular weight is 423 g/mol. The fourth-order valence-electron chi connectivity index (χ4n) is 4.95. The number of nitriles is 1. The van der Waals surface area contributed by atoms with Gasteiger partial charge in [-0.2, -0.15) is 15.5 Å². The van der Waals surface area contributed by atoms with Crippen LogP contribution >= 0.6 is 0 Å². The van der Waals surface area contributed by atoms with Gasteiger partial charge in [0.25, 0.3) is 0 Å². The standard InChI is InChI=1S/C22H26FN7O/c1-14-8-17-19(12-27(14)6-7-31-3)26-29-15(2)11-28(13-21(17)29)20-5-4-16(9-24)30-22(20)18(23)10-25-30/h4-5,10,14-15H,6-8,11-13H2,1-3H3/t14-,15+/m0/s1. The second kappa shape index (κ2) is 7.62. The molecule has 2 aliphatic rings. The molecule has 9 heteroatoms. The summed E-state index contributed by atoms with van der Waals surface area (Å²) in [6, 6.07) is 6.19. The van der Waals surface area contributed by atoms with Crippen molar-refractivity contribution in [3.8, 4) is 6.07 Å². The number of pyridine rings is 1. The van der Waals surface area contributed by atoms with Crippen LogP contribution in [-0.2, 0) is 24.2 Å². The Labute approximate surface area is 180 Å². The number of rotatable bonds is 4. The molecule has 2 atom stereocenters. The quantitative estimate of drug-likeness (QED) is 0.642. The lowest BCUT2D eigenvalue weighted by molar-refractivity contribution is 0.112. The molecule has 0 aliphatic carbocycles. The molecule has 0 saturated carbocycles. The minimum Gasteiger partial charge on any atom is -0.383 e. The zero-order valence-electron chi connectivity index (χ0n) is 18.0.